The lowest BCUT2D eigenvalue weighted by Crippen LogP contribution is -2.33. The van der Waals surface area contributed by atoms with Gasteiger partial charge in [-0.2, -0.15) is 5.26 Å². The molecule has 0 bridgehead atoms. The molecule has 0 saturated carbocycles. The van der Waals surface area contributed by atoms with Gasteiger partial charge in [0.2, 0.25) is 0 Å². The van der Waals surface area contributed by atoms with Crippen LogP contribution in [0.4, 0.5) is 0 Å². The molecule has 2 aromatic heterocycles. The Hall–Kier alpha value is -2.10. The van der Waals surface area contributed by atoms with Crippen LogP contribution in [-0.2, 0) is 24.9 Å². The summed E-state index contributed by atoms with van der Waals surface area (Å²) in [4.78, 5) is 4.62. The Morgan fingerprint density at radius 3 is 2.92 bits per heavy atom. The second-order valence-corrected chi connectivity index (χ2v) is 6.34. The monoisotopic (exact) mass is 327 g/mol. The average Bonchev–Trinajstić information content (AvgIpc) is 3.22. The summed E-state index contributed by atoms with van der Waals surface area (Å²) in [5.74, 6) is 1.62. The molecule has 1 N–H and O–H groups in total. The summed E-state index contributed by atoms with van der Waals surface area (Å²) in [5, 5.41) is 12.8. The lowest BCUT2D eigenvalue weighted by atomic mass is 9.91. The average molecular weight is 327 g/mol. The molecule has 0 amide bonds. The minimum absolute atomic E-state index is 0.203. The highest BCUT2D eigenvalue weighted by Gasteiger charge is 2.28. The second-order valence-electron chi connectivity index (χ2n) is 6.34. The van der Waals surface area contributed by atoms with Crippen molar-refractivity contribution in [1.29, 1.82) is 5.26 Å². The van der Waals surface area contributed by atoms with Crippen LogP contribution in [0.5, 0.6) is 0 Å². The molecule has 0 spiro atoms. The lowest BCUT2D eigenvalue weighted by molar-refractivity contribution is 0.0517. The third-order valence-corrected chi connectivity index (χ3v) is 4.81. The van der Waals surface area contributed by atoms with Crippen LogP contribution >= 0.6 is 0 Å². The maximum absolute atomic E-state index is 9.11. The molecule has 3 rings (SSSR count). The standard InChI is InChI=1S/C18H25N5O/c1-3-23-7-6-20-18(23)17(15-4-8-24-9-5-15)21-12-14-10-16(11-19)22(2)13-14/h6-7,10,13,15,17,21H,3-5,8-9,12H2,1-2H3. The maximum atomic E-state index is 9.11. The number of aromatic nitrogens is 3. The minimum Gasteiger partial charge on any atom is -0.381 e. The number of hydrogen-bond donors (Lipinski definition) is 1. The molecule has 6 nitrogen and oxygen atoms in total. The van der Waals surface area contributed by atoms with E-state index in [4.69, 9.17) is 10.00 Å². The van der Waals surface area contributed by atoms with Gasteiger partial charge in [0.1, 0.15) is 17.6 Å². The van der Waals surface area contributed by atoms with E-state index in [1.807, 2.05) is 36.3 Å². The van der Waals surface area contributed by atoms with Gasteiger partial charge < -0.3 is 19.2 Å². The Morgan fingerprint density at radius 2 is 2.25 bits per heavy atom. The fourth-order valence-corrected chi connectivity index (χ4v) is 3.45. The van der Waals surface area contributed by atoms with Crippen molar-refractivity contribution in [2.75, 3.05) is 13.2 Å². The molecule has 0 aliphatic carbocycles. The fraction of sp³-hybridized carbons (Fsp3) is 0.556. The van der Waals surface area contributed by atoms with Crippen molar-refractivity contribution in [3.05, 3.63) is 41.7 Å². The molecule has 0 aromatic carbocycles. The molecule has 6 heteroatoms. The third kappa shape index (κ3) is 3.53. The van der Waals surface area contributed by atoms with Crippen LogP contribution in [0.15, 0.2) is 24.7 Å². The van der Waals surface area contributed by atoms with Crippen molar-refractivity contribution in [3.63, 3.8) is 0 Å². The topological polar surface area (TPSA) is 67.8 Å². The summed E-state index contributed by atoms with van der Waals surface area (Å²) >= 11 is 0. The molecule has 1 saturated heterocycles. The summed E-state index contributed by atoms with van der Waals surface area (Å²) < 4.78 is 9.60. The zero-order chi connectivity index (χ0) is 16.9. The first kappa shape index (κ1) is 16.7. The van der Waals surface area contributed by atoms with E-state index in [2.05, 4.69) is 27.9 Å². The van der Waals surface area contributed by atoms with Crippen LogP contribution in [0.2, 0.25) is 0 Å². The van der Waals surface area contributed by atoms with Crippen molar-refractivity contribution in [3.8, 4) is 6.07 Å². The molecular formula is C18H25N5O. The van der Waals surface area contributed by atoms with Gasteiger partial charge in [-0.05, 0) is 37.3 Å². The van der Waals surface area contributed by atoms with E-state index in [0.29, 0.717) is 11.6 Å². The van der Waals surface area contributed by atoms with Crippen molar-refractivity contribution in [2.45, 2.75) is 38.9 Å². The van der Waals surface area contributed by atoms with Crippen LogP contribution in [-0.4, -0.2) is 27.3 Å². The third-order valence-electron chi connectivity index (χ3n) is 4.81. The highest BCUT2D eigenvalue weighted by molar-refractivity contribution is 5.28. The number of rotatable bonds is 6. The zero-order valence-corrected chi connectivity index (χ0v) is 14.4. The molecule has 24 heavy (non-hydrogen) atoms. The molecule has 3 heterocycles. The van der Waals surface area contributed by atoms with E-state index in [0.717, 1.165) is 50.5 Å². The van der Waals surface area contributed by atoms with Gasteiger partial charge >= 0.3 is 0 Å². The Kier molecular flexibility index (Phi) is 5.34. The molecule has 1 aliphatic heterocycles. The van der Waals surface area contributed by atoms with E-state index in [-0.39, 0.29) is 6.04 Å². The minimum atomic E-state index is 0.203. The Balaban J connectivity index is 1.77. The van der Waals surface area contributed by atoms with Gasteiger partial charge in [0.25, 0.3) is 0 Å². The smallest absolute Gasteiger partial charge is 0.126 e. The number of ether oxygens (including phenoxy) is 1. The van der Waals surface area contributed by atoms with Gasteiger partial charge in [-0.3, -0.25) is 0 Å². The van der Waals surface area contributed by atoms with E-state index in [9.17, 15) is 0 Å². The number of imidazole rings is 1. The normalized spacial score (nSPS) is 16.9. The highest BCUT2D eigenvalue weighted by atomic mass is 16.5. The Bertz CT molecular complexity index is 705. The molecule has 0 radical (unpaired) electrons. The largest absolute Gasteiger partial charge is 0.381 e. The number of nitrogens with zero attached hydrogens (tertiary/aromatic N) is 4. The molecule has 128 valence electrons. The first-order chi connectivity index (χ1) is 11.7. The van der Waals surface area contributed by atoms with E-state index >= 15 is 0 Å². The van der Waals surface area contributed by atoms with Crippen LogP contribution < -0.4 is 5.32 Å². The molecule has 1 atom stereocenters. The predicted molar refractivity (Wildman–Crippen MR) is 91.2 cm³/mol. The summed E-state index contributed by atoms with van der Waals surface area (Å²) in [5.41, 5.74) is 1.81. The summed E-state index contributed by atoms with van der Waals surface area (Å²) in [6, 6.07) is 4.36. The quantitative estimate of drug-likeness (QED) is 0.884. The highest BCUT2D eigenvalue weighted by Crippen LogP contribution is 2.29. The molecule has 2 aromatic rings. The maximum Gasteiger partial charge on any atom is 0.126 e. The van der Waals surface area contributed by atoms with E-state index < -0.39 is 0 Å². The van der Waals surface area contributed by atoms with E-state index in [1.54, 1.807) is 0 Å². The van der Waals surface area contributed by atoms with Gasteiger partial charge in [0.05, 0.1) is 6.04 Å². The van der Waals surface area contributed by atoms with Crippen LogP contribution in [0.1, 0.15) is 42.9 Å². The number of aryl methyl sites for hydroxylation is 2. The lowest BCUT2D eigenvalue weighted by Gasteiger charge is -2.31. The number of nitrogens with one attached hydrogen (secondary N) is 1. The molecular weight excluding hydrogens is 302 g/mol. The van der Waals surface area contributed by atoms with Gasteiger partial charge in [0, 0.05) is 51.9 Å². The van der Waals surface area contributed by atoms with Crippen LogP contribution in [0.3, 0.4) is 0 Å². The van der Waals surface area contributed by atoms with Gasteiger partial charge in [-0.25, -0.2) is 4.98 Å². The number of nitriles is 1. The van der Waals surface area contributed by atoms with Crippen LogP contribution in [0, 0.1) is 17.2 Å². The first-order valence-electron chi connectivity index (χ1n) is 8.60. The Morgan fingerprint density at radius 1 is 1.46 bits per heavy atom. The fourth-order valence-electron chi connectivity index (χ4n) is 3.45. The van der Waals surface area contributed by atoms with Crippen LogP contribution in [0.25, 0.3) is 0 Å². The molecule has 1 aliphatic rings. The van der Waals surface area contributed by atoms with Gasteiger partial charge in [0.15, 0.2) is 0 Å². The predicted octanol–water partition coefficient (Wildman–Crippen LogP) is 2.37. The first-order valence-corrected chi connectivity index (χ1v) is 8.60. The van der Waals surface area contributed by atoms with E-state index in [1.165, 1.54) is 0 Å². The van der Waals surface area contributed by atoms with Crippen molar-refractivity contribution < 1.29 is 4.74 Å². The molecule has 1 fully saturated rings. The Labute approximate surface area is 143 Å². The van der Waals surface area contributed by atoms with Crippen molar-refractivity contribution >= 4 is 0 Å². The summed E-state index contributed by atoms with van der Waals surface area (Å²) in [6.07, 6.45) is 8.03. The zero-order valence-electron chi connectivity index (χ0n) is 14.4. The summed E-state index contributed by atoms with van der Waals surface area (Å²) in [6.45, 7) is 5.43. The van der Waals surface area contributed by atoms with Crippen molar-refractivity contribution in [2.24, 2.45) is 13.0 Å². The second kappa shape index (κ2) is 7.65. The van der Waals surface area contributed by atoms with Gasteiger partial charge in [-0.15, -0.1) is 0 Å². The number of hydrogen-bond acceptors (Lipinski definition) is 4. The van der Waals surface area contributed by atoms with Crippen molar-refractivity contribution in [1.82, 2.24) is 19.4 Å². The summed E-state index contributed by atoms with van der Waals surface area (Å²) in [7, 11) is 1.90. The SMILES string of the molecule is CCn1ccnc1C(NCc1cc(C#N)n(C)c1)C1CCOCC1. The molecule has 1 unspecified atom stereocenters. The van der Waals surface area contributed by atoms with Gasteiger partial charge in [-0.1, -0.05) is 0 Å².